The number of nitrogens with zero attached hydrogens (tertiary/aromatic N) is 4. The fraction of sp³-hybridized carbons (Fsp3) is 0.364. The van der Waals surface area contributed by atoms with Crippen molar-refractivity contribution in [3.63, 3.8) is 0 Å². The second-order valence-electron chi connectivity index (χ2n) is 3.84. The van der Waals surface area contributed by atoms with Crippen molar-refractivity contribution in [1.82, 2.24) is 15.0 Å². The number of hydrogen-bond donors (Lipinski definition) is 1. The number of thiazole rings is 1. The number of nitrogens with one attached hydrogen (secondary N) is 1. The van der Waals surface area contributed by atoms with Crippen molar-refractivity contribution in [2.24, 2.45) is 0 Å². The number of rotatable bonds is 4. The molecular formula is C11H15N5S. The summed E-state index contributed by atoms with van der Waals surface area (Å²) >= 11 is 1.69. The normalized spacial score (nSPS) is 10.3. The quantitative estimate of drug-likeness (QED) is 0.897. The molecule has 0 saturated heterocycles. The molecule has 5 nitrogen and oxygen atoms in total. The molecule has 2 rings (SSSR count). The van der Waals surface area contributed by atoms with Crippen LogP contribution in [0.25, 0.3) is 0 Å². The maximum Gasteiger partial charge on any atom is 0.226 e. The molecule has 0 spiro atoms. The van der Waals surface area contributed by atoms with E-state index in [9.17, 15) is 0 Å². The Balaban J connectivity index is 2.01. The van der Waals surface area contributed by atoms with Crippen LogP contribution in [0.1, 0.15) is 9.88 Å². The number of hydrogen-bond acceptors (Lipinski definition) is 6. The molecule has 0 aliphatic heterocycles. The van der Waals surface area contributed by atoms with Gasteiger partial charge in [-0.2, -0.15) is 4.98 Å². The van der Waals surface area contributed by atoms with Crippen LogP contribution in [0.15, 0.2) is 18.5 Å². The number of aryl methyl sites for hydroxylation is 1. The van der Waals surface area contributed by atoms with E-state index in [1.165, 1.54) is 4.88 Å². The first-order valence-corrected chi connectivity index (χ1v) is 6.12. The molecular weight excluding hydrogens is 234 g/mol. The van der Waals surface area contributed by atoms with E-state index in [1.54, 1.807) is 17.5 Å². The molecule has 0 aliphatic carbocycles. The summed E-state index contributed by atoms with van der Waals surface area (Å²) in [6.07, 6.45) is 3.64. The summed E-state index contributed by atoms with van der Waals surface area (Å²) < 4.78 is 0. The zero-order valence-corrected chi connectivity index (χ0v) is 11.0. The lowest BCUT2D eigenvalue weighted by Crippen LogP contribution is -2.13. The molecule has 17 heavy (non-hydrogen) atoms. The lowest BCUT2D eigenvalue weighted by atomic mass is 10.5. The monoisotopic (exact) mass is 249 g/mol. The summed E-state index contributed by atoms with van der Waals surface area (Å²) in [6, 6.07) is 1.86. The van der Waals surface area contributed by atoms with Crippen LogP contribution < -0.4 is 10.2 Å². The maximum absolute atomic E-state index is 4.38. The fourth-order valence-corrected chi connectivity index (χ4v) is 2.06. The van der Waals surface area contributed by atoms with Gasteiger partial charge in [0.25, 0.3) is 0 Å². The molecule has 0 aliphatic rings. The van der Waals surface area contributed by atoms with Crippen molar-refractivity contribution in [2.75, 3.05) is 24.3 Å². The van der Waals surface area contributed by atoms with E-state index in [4.69, 9.17) is 0 Å². The topological polar surface area (TPSA) is 53.9 Å². The highest BCUT2D eigenvalue weighted by Gasteiger charge is 2.02. The minimum atomic E-state index is 0.704. The molecule has 0 unspecified atom stereocenters. The van der Waals surface area contributed by atoms with Gasteiger partial charge in [0.05, 0.1) is 11.6 Å². The fourth-order valence-electron chi connectivity index (χ4n) is 1.33. The molecule has 2 aromatic rings. The predicted molar refractivity (Wildman–Crippen MR) is 70.5 cm³/mol. The van der Waals surface area contributed by atoms with Gasteiger partial charge >= 0.3 is 0 Å². The lowest BCUT2D eigenvalue weighted by Gasteiger charge is -2.11. The summed E-state index contributed by atoms with van der Waals surface area (Å²) in [5.74, 6) is 1.53. The third-order valence-electron chi connectivity index (χ3n) is 2.16. The van der Waals surface area contributed by atoms with Crippen LogP contribution >= 0.6 is 11.3 Å². The summed E-state index contributed by atoms with van der Waals surface area (Å²) in [5, 5.41) is 4.34. The third kappa shape index (κ3) is 3.13. The van der Waals surface area contributed by atoms with E-state index in [1.807, 2.05) is 38.2 Å². The average Bonchev–Trinajstić information content (AvgIpc) is 2.73. The molecule has 0 atom stereocenters. The Labute approximate surface area is 105 Å². The maximum atomic E-state index is 4.38. The molecule has 90 valence electrons. The summed E-state index contributed by atoms with van der Waals surface area (Å²) in [5.41, 5.74) is 0. The van der Waals surface area contributed by atoms with E-state index in [2.05, 4.69) is 20.3 Å². The Bertz CT molecular complexity index is 494. The molecule has 0 radical (unpaired) electrons. The van der Waals surface area contributed by atoms with Crippen LogP contribution in [0.5, 0.6) is 0 Å². The molecule has 0 amide bonds. The highest BCUT2D eigenvalue weighted by atomic mass is 32.1. The second-order valence-corrected chi connectivity index (χ2v) is 5.15. The third-order valence-corrected chi connectivity index (χ3v) is 3.07. The van der Waals surface area contributed by atoms with Gasteiger partial charge in [0.1, 0.15) is 5.82 Å². The van der Waals surface area contributed by atoms with Crippen LogP contribution in [0.2, 0.25) is 0 Å². The molecule has 2 heterocycles. The Morgan fingerprint density at radius 1 is 1.35 bits per heavy atom. The van der Waals surface area contributed by atoms with Crippen LogP contribution in [-0.2, 0) is 6.54 Å². The van der Waals surface area contributed by atoms with E-state index in [0.717, 1.165) is 17.4 Å². The zero-order valence-electron chi connectivity index (χ0n) is 10.1. The summed E-state index contributed by atoms with van der Waals surface area (Å²) in [6.45, 7) is 2.75. The van der Waals surface area contributed by atoms with E-state index in [0.29, 0.717) is 5.95 Å². The van der Waals surface area contributed by atoms with Gasteiger partial charge in [0, 0.05) is 31.4 Å². The van der Waals surface area contributed by atoms with E-state index >= 15 is 0 Å². The van der Waals surface area contributed by atoms with Crippen molar-refractivity contribution < 1.29 is 0 Å². The first-order valence-electron chi connectivity index (χ1n) is 5.30. The first kappa shape index (κ1) is 11.8. The predicted octanol–water partition coefficient (Wildman–Crippen LogP) is 1.92. The summed E-state index contributed by atoms with van der Waals surface area (Å²) in [7, 11) is 3.84. The Kier molecular flexibility index (Phi) is 3.53. The van der Waals surface area contributed by atoms with Crippen molar-refractivity contribution in [3.05, 3.63) is 28.3 Å². The minimum Gasteiger partial charge on any atom is -0.365 e. The Morgan fingerprint density at radius 3 is 2.82 bits per heavy atom. The number of aromatic nitrogens is 3. The van der Waals surface area contributed by atoms with Gasteiger partial charge in [-0.15, -0.1) is 11.3 Å². The summed E-state index contributed by atoms with van der Waals surface area (Å²) in [4.78, 5) is 15.8. The first-order chi connectivity index (χ1) is 8.15. The highest BCUT2D eigenvalue weighted by molar-refractivity contribution is 7.11. The Hall–Kier alpha value is -1.69. The van der Waals surface area contributed by atoms with Crippen molar-refractivity contribution >= 4 is 23.1 Å². The van der Waals surface area contributed by atoms with Gasteiger partial charge in [0.2, 0.25) is 5.95 Å². The second kappa shape index (κ2) is 5.09. The van der Waals surface area contributed by atoms with E-state index in [-0.39, 0.29) is 0 Å². The molecule has 1 N–H and O–H groups in total. The molecule has 0 saturated carbocycles. The SMILES string of the molecule is Cc1ncc(CNc2ccnc(N(C)C)n2)s1. The van der Waals surface area contributed by atoms with Crippen LogP contribution in [-0.4, -0.2) is 29.0 Å². The van der Waals surface area contributed by atoms with Crippen molar-refractivity contribution in [1.29, 1.82) is 0 Å². The van der Waals surface area contributed by atoms with Crippen LogP contribution in [0.4, 0.5) is 11.8 Å². The van der Waals surface area contributed by atoms with Gasteiger partial charge in [-0.1, -0.05) is 0 Å². The number of anilines is 2. The molecule has 0 fully saturated rings. The van der Waals surface area contributed by atoms with Crippen molar-refractivity contribution in [3.8, 4) is 0 Å². The molecule has 0 aromatic carbocycles. The minimum absolute atomic E-state index is 0.704. The van der Waals surface area contributed by atoms with Gasteiger partial charge in [0.15, 0.2) is 0 Å². The van der Waals surface area contributed by atoms with Crippen LogP contribution in [0.3, 0.4) is 0 Å². The lowest BCUT2D eigenvalue weighted by molar-refractivity contribution is 0.989. The highest BCUT2D eigenvalue weighted by Crippen LogP contribution is 2.14. The largest absolute Gasteiger partial charge is 0.365 e. The zero-order chi connectivity index (χ0) is 12.3. The standard InChI is InChI=1S/C11H15N5S/c1-8-13-6-9(17-8)7-14-10-4-5-12-11(15-10)16(2)3/h4-6H,7H2,1-3H3,(H,12,14,15). The van der Waals surface area contributed by atoms with Crippen LogP contribution in [0, 0.1) is 6.92 Å². The van der Waals surface area contributed by atoms with Crippen molar-refractivity contribution in [2.45, 2.75) is 13.5 Å². The van der Waals surface area contributed by atoms with Gasteiger partial charge in [-0.05, 0) is 13.0 Å². The van der Waals surface area contributed by atoms with Gasteiger partial charge in [-0.25, -0.2) is 9.97 Å². The van der Waals surface area contributed by atoms with E-state index < -0.39 is 0 Å². The average molecular weight is 249 g/mol. The van der Waals surface area contributed by atoms with Gasteiger partial charge in [-0.3, -0.25) is 0 Å². The Morgan fingerprint density at radius 2 is 2.18 bits per heavy atom. The molecule has 2 aromatic heterocycles. The molecule has 0 bridgehead atoms. The van der Waals surface area contributed by atoms with Gasteiger partial charge < -0.3 is 10.2 Å². The smallest absolute Gasteiger partial charge is 0.226 e. The molecule has 6 heteroatoms.